The number of anilines is 1. The number of non-ortho nitro benzene ring substituents is 1. The van der Waals surface area contributed by atoms with E-state index in [1.807, 2.05) is 73.7 Å². The van der Waals surface area contributed by atoms with E-state index in [1.165, 1.54) is 23.5 Å². The minimum Gasteiger partial charge on any atom is -0.258 e. The summed E-state index contributed by atoms with van der Waals surface area (Å²) < 4.78 is 0. The van der Waals surface area contributed by atoms with Crippen LogP contribution in [-0.4, -0.2) is 16.1 Å². The maximum atomic E-state index is 11.0. The Kier molecular flexibility index (Phi) is 6.48. The molecule has 0 aliphatic heterocycles. The van der Waals surface area contributed by atoms with Crippen LogP contribution in [0.15, 0.2) is 90.0 Å². The lowest BCUT2D eigenvalue weighted by atomic mass is 10.1. The fraction of sp³-hybridized carbons (Fsp3) is 0.0400. The normalized spacial score (nSPS) is 11.3. The second-order valence-electron chi connectivity index (χ2n) is 7.03. The lowest BCUT2D eigenvalue weighted by Crippen LogP contribution is -1.88. The van der Waals surface area contributed by atoms with Gasteiger partial charge in [-0.15, -0.1) is 0 Å². The molecule has 4 aromatic rings. The van der Waals surface area contributed by atoms with Crippen LogP contribution in [-0.2, 0) is 0 Å². The van der Waals surface area contributed by atoms with Crippen LogP contribution in [0, 0.1) is 17.0 Å². The molecule has 0 radical (unpaired) electrons. The van der Waals surface area contributed by atoms with E-state index in [0.717, 1.165) is 32.8 Å². The monoisotopic (exact) mass is 440 g/mol. The molecule has 7 heteroatoms. The molecule has 0 saturated carbocycles. The van der Waals surface area contributed by atoms with Crippen molar-refractivity contribution in [3.8, 4) is 21.7 Å². The Hall–Kier alpha value is -4.10. The number of thiazole rings is 1. The van der Waals surface area contributed by atoms with Crippen molar-refractivity contribution in [2.75, 3.05) is 5.43 Å². The Labute approximate surface area is 189 Å². The van der Waals surface area contributed by atoms with Gasteiger partial charge in [0, 0.05) is 23.9 Å². The predicted molar refractivity (Wildman–Crippen MR) is 132 cm³/mol. The smallest absolute Gasteiger partial charge is 0.258 e. The van der Waals surface area contributed by atoms with Gasteiger partial charge in [0.05, 0.1) is 15.5 Å². The highest BCUT2D eigenvalue weighted by Crippen LogP contribution is 2.39. The maximum absolute atomic E-state index is 11.0. The van der Waals surface area contributed by atoms with Gasteiger partial charge >= 0.3 is 0 Å². The molecular formula is C25H20N4O2S. The Morgan fingerprint density at radius 3 is 2.34 bits per heavy atom. The van der Waals surface area contributed by atoms with Crippen molar-refractivity contribution in [1.82, 2.24) is 4.98 Å². The van der Waals surface area contributed by atoms with Crippen molar-refractivity contribution in [3.63, 3.8) is 0 Å². The number of hydrazone groups is 1. The number of nitro benzene ring substituents is 1. The first-order valence-corrected chi connectivity index (χ1v) is 10.8. The Balaban J connectivity index is 1.60. The van der Waals surface area contributed by atoms with Crippen molar-refractivity contribution in [2.45, 2.75) is 6.92 Å². The number of benzene rings is 3. The van der Waals surface area contributed by atoms with Crippen LogP contribution in [0.25, 0.3) is 27.8 Å². The van der Waals surface area contributed by atoms with Crippen LogP contribution in [0.4, 0.5) is 10.8 Å². The lowest BCUT2D eigenvalue weighted by molar-refractivity contribution is -0.384. The summed E-state index contributed by atoms with van der Waals surface area (Å²) in [7, 11) is 0. The average Bonchev–Trinajstić information content (AvgIpc) is 3.24. The number of rotatable bonds is 7. The van der Waals surface area contributed by atoms with E-state index in [9.17, 15) is 10.1 Å². The van der Waals surface area contributed by atoms with Gasteiger partial charge in [-0.05, 0) is 36.3 Å². The van der Waals surface area contributed by atoms with Crippen molar-refractivity contribution in [2.24, 2.45) is 5.10 Å². The first kappa shape index (κ1) is 21.1. The van der Waals surface area contributed by atoms with Gasteiger partial charge < -0.3 is 0 Å². The highest BCUT2D eigenvalue weighted by molar-refractivity contribution is 7.19. The van der Waals surface area contributed by atoms with E-state index in [1.54, 1.807) is 18.3 Å². The number of nitro groups is 1. The molecule has 0 amide bonds. The van der Waals surface area contributed by atoms with Gasteiger partial charge in [0.2, 0.25) is 5.13 Å². The second kappa shape index (κ2) is 9.80. The van der Waals surface area contributed by atoms with Crippen molar-refractivity contribution >= 4 is 34.4 Å². The van der Waals surface area contributed by atoms with Crippen LogP contribution in [0.5, 0.6) is 0 Å². The summed E-state index contributed by atoms with van der Waals surface area (Å²) in [6.45, 7) is 2.03. The highest BCUT2D eigenvalue weighted by atomic mass is 32.1. The number of aryl methyl sites for hydroxylation is 1. The molecule has 1 aromatic heterocycles. The molecule has 0 aliphatic rings. The standard InChI is InChI=1S/C25H20N4O2S/c1-18-9-11-20(12-10-18)23-24(21-13-15-22(16-14-21)29(30)31)32-25(27-23)28-26-17-5-8-19-6-3-2-4-7-19/h2-17H,1H3,(H,27,28)/b8-5+,26-17-. The summed E-state index contributed by atoms with van der Waals surface area (Å²) in [5.41, 5.74) is 7.95. The number of hydrogen-bond acceptors (Lipinski definition) is 6. The average molecular weight is 441 g/mol. The summed E-state index contributed by atoms with van der Waals surface area (Å²) in [5.74, 6) is 0. The topological polar surface area (TPSA) is 80.4 Å². The van der Waals surface area contributed by atoms with Crippen molar-refractivity contribution in [1.29, 1.82) is 0 Å². The molecule has 3 aromatic carbocycles. The van der Waals surface area contributed by atoms with Gasteiger partial charge in [-0.2, -0.15) is 5.10 Å². The summed E-state index contributed by atoms with van der Waals surface area (Å²) in [6, 6.07) is 24.6. The van der Waals surface area contributed by atoms with Gasteiger partial charge in [0.1, 0.15) is 0 Å². The summed E-state index contributed by atoms with van der Waals surface area (Å²) in [4.78, 5) is 16.3. The molecule has 6 nitrogen and oxygen atoms in total. The fourth-order valence-corrected chi connectivity index (χ4v) is 4.00. The summed E-state index contributed by atoms with van der Waals surface area (Å²) in [5, 5.41) is 15.9. The maximum Gasteiger partial charge on any atom is 0.269 e. The van der Waals surface area contributed by atoms with E-state index >= 15 is 0 Å². The molecule has 0 fully saturated rings. The van der Waals surface area contributed by atoms with E-state index in [0.29, 0.717) is 5.13 Å². The van der Waals surface area contributed by atoms with Crippen LogP contribution in [0.2, 0.25) is 0 Å². The molecule has 0 bridgehead atoms. The molecule has 1 heterocycles. The Morgan fingerprint density at radius 2 is 1.66 bits per heavy atom. The first-order valence-electron chi connectivity index (χ1n) is 9.93. The highest BCUT2D eigenvalue weighted by Gasteiger charge is 2.16. The van der Waals surface area contributed by atoms with Gasteiger partial charge in [-0.1, -0.05) is 77.6 Å². The molecule has 0 aliphatic carbocycles. The van der Waals surface area contributed by atoms with Gasteiger partial charge in [0.15, 0.2) is 0 Å². The van der Waals surface area contributed by atoms with Crippen LogP contribution in [0.1, 0.15) is 11.1 Å². The summed E-state index contributed by atoms with van der Waals surface area (Å²) >= 11 is 1.45. The molecule has 1 N–H and O–H groups in total. The minimum atomic E-state index is -0.401. The van der Waals surface area contributed by atoms with Gasteiger partial charge in [-0.3, -0.25) is 15.5 Å². The zero-order chi connectivity index (χ0) is 22.3. The molecule has 0 atom stereocenters. The van der Waals surface area contributed by atoms with E-state index in [2.05, 4.69) is 10.5 Å². The Bertz CT molecular complexity index is 1260. The second-order valence-corrected chi connectivity index (χ2v) is 8.03. The van der Waals surface area contributed by atoms with Crippen molar-refractivity contribution < 1.29 is 4.92 Å². The number of nitrogens with zero attached hydrogens (tertiary/aromatic N) is 3. The van der Waals surface area contributed by atoms with Crippen molar-refractivity contribution in [3.05, 3.63) is 106 Å². The van der Waals surface area contributed by atoms with Gasteiger partial charge in [0.25, 0.3) is 5.69 Å². The molecule has 158 valence electrons. The molecule has 32 heavy (non-hydrogen) atoms. The molecule has 4 rings (SSSR count). The molecule has 0 unspecified atom stereocenters. The zero-order valence-electron chi connectivity index (χ0n) is 17.3. The van der Waals surface area contributed by atoms with Crippen LogP contribution < -0.4 is 5.43 Å². The third-order valence-electron chi connectivity index (χ3n) is 4.70. The summed E-state index contributed by atoms with van der Waals surface area (Å²) in [6.07, 6.45) is 5.49. The number of hydrogen-bond donors (Lipinski definition) is 1. The third-order valence-corrected chi connectivity index (χ3v) is 5.71. The fourth-order valence-electron chi connectivity index (χ4n) is 3.06. The van der Waals surface area contributed by atoms with Crippen LogP contribution in [0.3, 0.4) is 0 Å². The number of allylic oxidation sites excluding steroid dienone is 1. The number of aromatic nitrogens is 1. The Morgan fingerprint density at radius 1 is 0.969 bits per heavy atom. The SMILES string of the molecule is Cc1ccc(-c2nc(N/N=C\C=C\c3ccccc3)sc2-c2ccc([N+](=O)[O-])cc2)cc1. The van der Waals surface area contributed by atoms with E-state index < -0.39 is 4.92 Å². The van der Waals surface area contributed by atoms with Crippen LogP contribution >= 0.6 is 11.3 Å². The first-order chi connectivity index (χ1) is 15.6. The molecule has 0 spiro atoms. The lowest BCUT2D eigenvalue weighted by Gasteiger charge is -2.03. The zero-order valence-corrected chi connectivity index (χ0v) is 18.1. The predicted octanol–water partition coefficient (Wildman–Crippen LogP) is 6.80. The minimum absolute atomic E-state index is 0.0586. The molecule has 0 saturated heterocycles. The van der Waals surface area contributed by atoms with E-state index in [4.69, 9.17) is 4.98 Å². The number of nitrogens with one attached hydrogen (secondary N) is 1. The van der Waals surface area contributed by atoms with E-state index in [-0.39, 0.29) is 5.69 Å². The van der Waals surface area contributed by atoms with Gasteiger partial charge in [-0.25, -0.2) is 4.98 Å². The quantitative estimate of drug-likeness (QED) is 0.195. The third kappa shape index (κ3) is 5.14. The molecular weight excluding hydrogens is 420 g/mol. The largest absolute Gasteiger partial charge is 0.269 e.